The van der Waals surface area contributed by atoms with Gasteiger partial charge in [0.05, 0.1) is 10.6 Å². The van der Waals surface area contributed by atoms with Crippen LogP contribution in [0.3, 0.4) is 0 Å². The average molecular weight is 293 g/mol. The first kappa shape index (κ1) is 13.5. The van der Waals surface area contributed by atoms with Crippen LogP contribution in [0.4, 0.5) is 9.52 Å². The minimum Gasteiger partial charge on any atom is -0.316 e. The van der Waals surface area contributed by atoms with E-state index in [0.29, 0.717) is 17.2 Å². The van der Waals surface area contributed by atoms with Crippen LogP contribution < -0.4 is 10.6 Å². The molecular weight excluding hydrogens is 277 g/mol. The highest BCUT2D eigenvalue weighted by molar-refractivity contribution is 7.22. The Labute approximate surface area is 120 Å². The standard InChI is InChI=1S/C14H16FN3OS/c1-8-5-10(15)12-11(6-8)20-14(17-12)18-13(19)9-3-2-4-16-7-9/h5-6,9,16H,2-4,7H2,1H3,(H,17,18,19). The fraction of sp³-hybridized carbons (Fsp3) is 0.429. The summed E-state index contributed by atoms with van der Waals surface area (Å²) in [6, 6.07) is 3.34. The second kappa shape index (κ2) is 5.46. The lowest BCUT2D eigenvalue weighted by Crippen LogP contribution is -2.37. The van der Waals surface area contributed by atoms with Crippen LogP contribution in [-0.2, 0) is 4.79 Å². The molecule has 0 spiro atoms. The Morgan fingerprint density at radius 2 is 2.40 bits per heavy atom. The minimum absolute atomic E-state index is 0.0256. The van der Waals surface area contributed by atoms with Crippen molar-refractivity contribution in [1.29, 1.82) is 0 Å². The van der Waals surface area contributed by atoms with Gasteiger partial charge in [-0.05, 0) is 44.0 Å². The van der Waals surface area contributed by atoms with Crippen LogP contribution in [0.2, 0.25) is 0 Å². The Bertz CT molecular complexity index is 649. The number of fused-ring (bicyclic) bond motifs is 1. The summed E-state index contributed by atoms with van der Waals surface area (Å²) < 4.78 is 14.5. The van der Waals surface area contributed by atoms with Crippen molar-refractivity contribution in [1.82, 2.24) is 10.3 Å². The van der Waals surface area contributed by atoms with E-state index in [1.165, 1.54) is 17.4 Å². The van der Waals surface area contributed by atoms with Crippen molar-refractivity contribution in [2.24, 2.45) is 5.92 Å². The molecule has 2 heterocycles. The van der Waals surface area contributed by atoms with Crippen LogP contribution in [0.15, 0.2) is 12.1 Å². The molecule has 3 rings (SSSR count). The van der Waals surface area contributed by atoms with Crippen LogP contribution >= 0.6 is 11.3 Å². The summed E-state index contributed by atoms with van der Waals surface area (Å²) in [7, 11) is 0. The molecular formula is C14H16FN3OS. The zero-order valence-electron chi connectivity index (χ0n) is 11.2. The summed E-state index contributed by atoms with van der Waals surface area (Å²) in [6.07, 6.45) is 1.89. The third-order valence-corrected chi connectivity index (χ3v) is 4.41. The van der Waals surface area contributed by atoms with Gasteiger partial charge in [0.25, 0.3) is 0 Å². The molecule has 1 amide bonds. The monoisotopic (exact) mass is 293 g/mol. The van der Waals surface area contributed by atoms with Gasteiger partial charge in [0.2, 0.25) is 5.91 Å². The normalized spacial score (nSPS) is 19.2. The van der Waals surface area contributed by atoms with Gasteiger partial charge in [0.1, 0.15) is 5.52 Å². The molecule has 1 fully saturated rings. The lowest BCUT2D eigenvalue weighted by atomic mass is 9.99. The molecule has 0 radical (unpaired) electrons. The van der Waals surface area contributed by atoms with E-state index in [4.69, 9.17) is 0 Å². The maximum absolute atomic E-state index is 13.8. The number of carbonyl (C=O) groups is 1. The Morgan fingerprint density at radius 1 is 1.55 bits per heavy atom. The molecule has 0 bridgehead atoms. The molecule has 0 aliphatic carbocycles. The van der Waals surface area contributed by atoms with Crippen molar-refractivity contribution >= 4 is 32.6 Å². The fourth-order valence-electron chi connectivity index (χ4n) is 2.45. The molecule has 1 aromatic carbocycles. The topological polar surface area (TPSA) is 54.0 Å². The Balaban J connectivity index is 1.80. The van der Waals surface area contributed by atoms with Crippen LogP contribution in [0.25, 0.3) is 10.2 Å². The highest BCUT2D eigenvalue weighted by Crippen LogP contribution is 2.29. The number of nitrogens with zero attached hydrogens (tertiary/aromatic N) is 1. The van der Waals surface area contributed by atoms with E-state index in [9.17, 15) is 9.18 Å². The van der Waals surface area contributed by atoms with Gasteiger partial charge >= 0.3 is 0 Å². The molecule has 1 aliphatic heterocycles. The summed E-state index contributed by atoms with van der Waals surface area (Å²) in [5, 5.41) is 6.49. The molecule has 1 aromatic heterocycles. The van der Waals surface area contributed by atoms with E-state index >= 15 is 0 Å². The third-order valence-electron chi connectivity index (χ3n) is 3.49. The number of hydrogen-bond donors (Lipinski definition) is 2. The number of piperidine rings is 1. The number of amides is 1. The quantitative estimate of drug-likeness (QED) is 0.895. The van der Waals surface area contributed by atoms with Crippen molar-refractivity contribution in [3.8, 4) is 0 Å². The Morgan fingerprint density at radius 3 is 3.15 bits per heavy atom. The van der Waals surface area contributed by atoms with Crippen LogP contribution in [0.1, 0.15) is 18.4 Å². The van der Waals surface area contributed by atoms with Gasteiger partial charge in [0.15, 0.2) is 10.9 Å². The highest BCUT2D eigenvalue weighted by Gasteiger charge is 2.22. The number of rotatable bonds is 2. The fourth-order valence-corrected chi connectivity index (χ4v) is 3.44. The number of carbonyl (C=O) groups excluding carboxylic acids is 1. The number of aryl methyl sites for hydroxylation is 1. The number of halogens is 1. The van der Waals surface area contributed by atoms with Crippen molar-refractivity contribution in [3.63, 3.8) is 0 Å². The van der Waals surface area contributed by atoms with Crippen molar-refractivity contribution in [2.45, 2.75) is 19.8 Å². The summed E-state index contributed by atoms with van der Waals surface area (Å²) in [6.45, 7) is 3.51. The van der Waals surface area contributed by atoms with Crippen molar-refractivity contribution < 1.29 is 9.18 Å². The molecule has 1 unspecified atom stereocenters. The zero-order chi connectivity index (χ0) is 14.1. The summed E-state index contributed by atoms with van der Waals surface area (Å²) in [5.41, 5.74) is 1.19. The van der Waals surface area contributed by atoms with E-state index in [0.717, 1.165) is 29.6 Å². The van der Waals surface area contributed by atoms with Gasteiger partial charge in [-0.25, -0.2) is 9.37 Å². The number of aromatic nitrogens is 1. The smallest absolute Gasteiger partial charge is 0.230 e. The van der Waals surface area contributed by atoms with Gasteiger partial charge in [0, 0.05) is 6.54 Å². The van der Waals surface area contributed by atoms with E-state index in [1.807, 2.05) is 13.0 Å². The highest BCUT2D eigenvalue weighted by atomic mass is 32.1. The predicted octanol–water partition coefficient (Wildman–Crippen LogP) is 2.68. The van der Waals surface area contributed by atoms with Crippen LogP contribution in [0, 0.1) is 18.7 Å². The maximum atomic E-state index is 13.8. The third kappa shape index (κ3) is 2.66. The Kier molecular flexibility index (Phi) is 3.67. The van der Waals surface area contributed by atoms with Gasteiger partial charge in [-0.1, -0.05) is 11.3 Å². The second-order valence-corrected chi connectivity index (χ2v) is 6.18. The van der Waals surface area contributed by atoms with Gasteiger partial charge in [-0.3, -0.25) is 4.79 Å². The second-order valence-electron chi connectivity index (χ2n) is 5.15. The molecule has 2 N–H and O–H groups in total. The van der Waals surface area contributed by atoms with E-state index in [2.05, 4.69) is 15.6 Å². The predicted molar refractivity (Wildman–Crippen MR) is 78.5 cm³/mol. The summed E-state index contributed by atoms with van der Waals surface area (Å²) >= 11 is 1.31. The lowest BCUT2D eigenvalue weighted by Gasteiger charge is -2.21. The molecule has 1 aliphatic rings. The van der Waals surface area contributed by atoms with Crippen LogP contribution in [-0.4, -0.2) is 24.0 Å². The number of thiazole rings is 1. The Hall–Kier alpha value is -1.53. The average Bonchev–Trinajstić information content (AvgIpc) is 2.82. The van der Waals surface area contributed by atoms with E-state index in [-0.39, 0.29) is 17.6 Å². The van der Waals surface area contributed by atoms with Gasteiger partial charge < -0.3 is 10.6 Å². The van der Waals surface area contributed by atoms with E-state index < -0.39 is 0 Å². The molecule has 20 heavy (non-hydrogen) atoms. The molecule has 1 atom stereocenters. The molecule has 1 saturated heterocycles. The molecule has 6 heteroatoms. The number of anilines is 1. The molecule has 0 saturated carbocycles. The first-order valence-corrected chi connectivity index (χ1v) is 7.53. The molecule has 106 valence electrons. The van der Waals surface area contributed by atoms with Gasteiger partial charge in [-0.15, -0.1) is 0 Å². The van der Waals surface area contributed by atoms with Crippen LogP contribution in [0.5, 0.6) is 0 Å². The number of hydrogen-bond acceptors (Lipinski definition) is 4. The van der Waals surface area contributed by atoms with Crippen molar-refractivity contribution in [3.05, 3.63) is 23.5 Å². The number of benzene rings is 1. The maximum Gasteiger partial charge on any atom is 0.230 e. The first-order valence-electron chi connectivity index (χ1n) is 6.72. The van der Waals surface area contributed by atoms with E-state index in [1.54, 1.807) is 0 Å². The number of nitrogens with one attached hydrogen (secondary N) is 2. The molecule has 2 aromatic rings. The minimum atomic E-state index is -0.337. The summed E-state index contributed by atoms with van der Waals surface area (Å²) in [5.74, 6) is -0.396. The SMILES string of the molecule is Cc1cc(F)c2nc(NC(=O)C3CCCNC3)sc2c1. The largest absolute Gasteiger partial charge is 0.316 e. The summed E-state index contributed by atoms with van der Waals surface area (Å²) in [4.78, 5) is 16.3. The van der Waals surface area contributed by atoms with Crippen molar-refractivity contribution in [2.75, 3.05) is 18.4 Å². The molecule has 4 nitrogen and oxygen atoms in total. The lowest BCUT2D eigenvalue weighted by molar-refractivity contribution is -0.120. The first-order chi connectivity index (χ1) is 9.63. The van der Waals surface area contributed by atoms with Gasteiger partial charge in [-0.2, -0.15) is 0 Å². The zero-order valence-corrected chi connectivity index (χ0v) is 12.0.